The molecule has 0 radical (unpaired) electrons. The van der Waals surface area contributed by atoms with Crippen molar-refractivity contribution in [2.45, 2.75) is 63.6 Å². The molecule has 4 heterocycles. The summed E-state index contributed by atoms with van der Waals surface area (Å²) in [6.07, 6.45) is 4.41. The van der Waals surface area contributed by atoms with Crippen LogP contribution in [-0.2, 0) is 25.6 Å². The van der Waals surface area contributed by atoms with Crippen LogP contribution in [0, 0.1) is 18.8 Å². The highest BCUT2D eigenvalue weighted by Gasteiger charge is 2.60. The van der Waals surface area contributed by atoms with Crippen molar-refractivity contribution in [2.24, 2.45) is 17.6 Å². The number of rotatable bonds is 12. The lowest BCUT2D eigenvalue weighted by atomic mass is 9.79. The number of nitrogens with two attached hydrogens (primary N) is 1. The van der Waals surface area contributed by atoms with Gasteiger partial charge in [0, 0.05) is 41.4 Å². The van der Waals surface area contributed by atoms with Crippen LogP contribution in [0.15, 0.2) is 42.1 Å². The minimum Gasteiger partial charge on any atom is -0.457 e. The smallest absolute Gasteiger partial charge is 0.410 e. The zero-order chi connectivity index (χ0) is 30.0. The van der Waals surface area contributed by atoms with Gasteiger partial charge in [0.05, 0.1) is 18.1 Å². The van der Waals surface area contributed by atoms with Gasteiger partial charge in [-0.3, -0.25) is 9.59 Å². The fraction of sp³-hybridized carbons (Fsp3) is 0.536. The molecule has 0 spiro atoms. The van der Waals surface area contributed by atoms with E-state index in [2.05, 4.69) is 18.1 Å². The summed E-state index contributed by atoms with van der Waals surface area (Å²) in [5.41, 5.74) is 5.75. The molecule has 3 amide bonds. The predicted octanol–water partition coefficient (Wildman–Crippen LogP) is 1.98. The molecular formula is C28H37N5O7S. The number of fused-ring (bicyclic) bond motifs is 1. The van der Waals surface area contributed by atoms with E-state index < -0.39 is 30.0 Å². The summed E-state index contributed by atoms with van der Waals surface area (Å²) in [6, 6.07) is -0.535. The molecule has 2 saturated heterocycles. The quantitative estimate of drug-likeness (QED) is 0.212. The van der Waals surface area contributed by atoms with E-state index in [0.717, 1.165) is 0 Å². The molecule has 1 aromatic rings. The van der Waals surface area contributed by atoms with Crippen LogP contribution in [-0.4, -0.2) is 91.5 Å². The van der Waals surface area contributed by atoms with Gasteiger partial charge < -0.3 is 34.7 Å². The van der Waals surface area contributed by atoms with Gasteiger partial charge in [-0.1, -0.05) is 32.2 Å². The van der Waals surface area contributed by atoms with Crippen LogP contribution < -0.4 is 5.73 Å². The standard InChI is InChI=1S/C28H37N5O7S/c1-6-10-39-27(37)23-24(15(3)22-21(16(4)34)26(36)33(22)23)41-19-12-18(32(13-19)28(38)40-11-7-2)8-9-31-14-20(25(29)35)30-17(31)5/h6-7,14-16,18-19,21-22,34H,1-2,8-13H2,3-5H3,(H2,29,35)/t15-,16-,18-,19+,21-,22-/m1/s1. The summed E-state index contributed by atoms with van der Waals surface area (Å²) in [7, 11) is 0. The maximum atomic E-state index is 13.1. The van der Waals surface area contributed by atoms with Crippen molar-refractivity contribution in [1.82, 2.24) is 19.4 Å². The van der Waals surface area contributed by atoms with Crippen LogP contribution in [0.25, 0.3) is 0 Å². The van der Waals surface area contributed by atoms with Gasteiger partial charge in [-0.05, 0) is 26.7 Å². The molecule has 3 aliphatic heterocycles. The average Bonchev–Trinajstić information content (AvgIpc) is 3.57. The van der Waals surface area contributed by atoms with Crippen molar-refractivity contribution in [3.05, 3.63) is 53.6 Å². The lowest BCUT2D eigenvalue weighted by Gasteiger charge is -2.46. The van der Waals surface area contributed by atoms with Crippen molar-refractivity contribution in [1.29, 1.82) is 0 Å². The number of esters is 1. The van der Waals surface area contributed by atoms with Crippen molar-refractivity contribution < 1.29 is 33.8 Å². The normalized spacial score (nSPS) is 26.0. The summed E-state index contributed by atoms with van der Waals surface area (Å²) in [5.74, 6) is -1.70. The van der Waals surface area contributed by atoms with E-state index in [1.54, 1.807) is 24.9 Å². The van der Waals surface area contributed by atoms with Gasteiger partial charge in [0.25, 0.3) is 5.91 Å². The van der Waals surface area contributed by atoms with E-state index in [-0.39, 0.29) is 53.8 Å². The van der Waals surface area contributed by atoms with Crippen LogP contribution >= 0.6 is 11.8 Å². The summed E-state index contributed by atoms with van der Waals surface area (Å²) in [6.45, 7) is 13.4. The minimum absolute atomic E-state index is 0.000742. The number of β-lactam (4-membered cyclic amide) rings is 1. The molecule has 41 heavy (non-hydrogen) atoms. The minimum atomic E-state index is -0.853. The molecule has 13 heteroatoms. The highest BCUT2D eigenvalue weighted by molar-refractivity contribution is 8.03. The van der Waals surface area contributed by atoms with Gasteiger partial charge in [-0.2, -0.15) is 0 Å². The number of carbonyl (C=O) groups excluding carboxylic acids is 4. The van der Waals surface area contributed by atoms with E-state index in [0.29, 0.717) is 36.7 Å². The van der Waals surface area contributed by atoms with Crippen LogP contribution in [0.1, 0.15) is 43.0 Å². The van der Waals surface area contributed by atoms with Crippen LogP contribution in [0.4, 0.5) is 4.79 Å². The third kappa shape index (κ3) is 5.91. The number of nitrogens with zero attached hydrogens (tertiary/aromatic N) is 4. The van der Waals surface area contributed by atoms with Crippen molar-refractivity contribution in [3.63, 3.8) is 0 Å². The highest BCUT2D eigenvalue weighted by atomic mass is 32.2. The SMILES string of the molecule is C=CCOC(=O)C1=C(S[C@H]2C[C@@H](CCn3cc(C(N)=O)nc3C)N(C(=O)OCC=C)C2)[C@H](C)[C@@H]2[C@@H]([C@@H](C)O)C(=O)N12. The third-order valence-electron chi connectivity index (χ3n) is 7.79. The number of hydrogen-bond donors (Lipinski definition) is 2. The molecule has 4 rings (SSSR count). The Morgan fingerprint density at radius 1 is 1.27 bits per heavy atom. The molecular weight excluding hydrogens is 550 g/mol. The molecule has 2 fully saturated rings. The van der Waals surface area contributed by atoms with Crippen molar-refractivity contribution in [3.8, 4) is 0 Å². The maximum absolute atomic E-state index is 13.1. The zero-order valence-corrected chi connectivity index (χ0v) is 24.3. The van der Waals surface area contributed by atoms with Crippen LogP contribution in [0.2, 0.25) is 0 Å². The molecule has 0 unspecified atom stereocenters. The van der Waals surface area contributed by atoms with Gasteiger partial charge >= 0.3 is 12.1 Å². The lowest BCUT2D eigenvalue weighted by Crippen LogP contribution is -2.63. The Labute approximate surface area is 243 Å². The molecule has 6 atom stereocenters. The average molecular weight is 588 g/mol. The van der Waals surface area contributed by atoms with Gasteiger partial charge in [0.15, 0.2) is 0 Å². The van der Waals surface area contributed by atoms with Crippen molar-refractivity contribution >= 4 is 35.6 Å². The van der Waals surface area contributed by atoms with Gasteiger partial charge in [0.2, 0.25) is 5.91 Å². The van der Waals surface area contributed by atoms with Gasteiger partial charge in [-0.15, -0.1) is 11.8 Å². The first kappa shape index (κ1) is 30.4. The second-order valence-corrected chi connectivity index (χ2v) is 11.9. The predicted molar refractivity (Wildman–Crippen MR) is 151 cm³/mol. The summed E-state index contributed by atoms with van der Waals surface area (Å²) < 4.78 is 12.5. The molecule has 3 aliphatic rings. The second-order valence-electron chi connectivity index (χ2n) is 10.5. The number of likely N-dealkylation sites (tertiary alicyclic amines) is 1. The summed E-state index contributed by atoms with van der Waals surface area (Å²) in [5, 5.41) is 10.2. The molecule has 3 N–H and O–H groups in total. The molecule has 222 valence electrons. The first-order chi connectivity index (χ1) is 19.5. The fourth-order valence-corrected chi connectivity index (χ4v) is 7.42. The van der Waals surface area contributed by atoms with E-state index in [4.69, 9.17) is 15.2 Å². The molecule has 12 nitrogen and oxygen atoms in total. The lowest BCUT2D eigenvalue weighted by molar-refractivity contribution is -0.164. The summed E-state index contributed by atoms with van der Waals surface area (Å²) >= 11 is 1.47. The molecule has 0 bridgehead atoms. The summed E-state index contributed by atoms with van der Waals surface area (Å²) in [4.78, 5) is 58.7. The highest BCUT2D eigenvalue weighted by Crippen LogP contribution is 2.52. The Balaban J connectivity index is 1.56. The zero-order valence-electron chi connectivity index (χ0n) is 23.5. The number of primary amides is 1. The number of amides is 3. The van der Waals surface area contributed by atoms with E-state index >= 15 is 0 Å². The number of aliphatic hydroxyl groups is 1. The molecule has 0 saturated carbocycles. The first-order valence-corrected chi connectivity index (χ1v) is 14.5. The number of thioether (sulfide) groups is 1. The Bertz CT molecular complexity index is 1270. The first-order valence-electron chi connectivity index (χ1n) is 13.6. The third-order valence-corrected chi connectivity index (χ3v) is 9.29. The van der Waals surface area contributed by atoms with Crippen molar-refractivity contribution in [2.75, 3.05) is 19.8 Å². The second kappa shape index (κ2) is 12.5. The van der Waals surface area contributed by atoms with Gasteiger partial charge in [0.1, 0.15) is 30.4 Å². The number of hydrogen-bond acceptors (Lipinski definition) is 9. The van der Waals surface area contributed by atoms with E-state index in [1.165, 1.54) is 28.8 Å². The number of carbonyl (C=O) groups is 4. The van der Waals surface area contributed by atoms with E-state index in [9.17, 15) is 24.3 Å². The number of ether oxygens (including phenoxy) is 2. The van der Waals surface area contributed by atoms with Gasteiger partial charge in [-0.25, -0.2) is 14.6 Å². The molecule has 0 aromatic carbocycles. The molecule has 1 aromatic heterocycles. The monoisotopic (exact) mass is 587 g/mol. The number of aryl methyl sites for hydroxylation is 2. The van der Waals surface area contributed by atoms with Crippen LogP contribution in [0.5, 0.6) is 0 Å². The number of imidazole rings is 1. The Kier molecular flexibility index (Phi) is 9.27. The number of aliphatic hydroxyl groups excluding tert-OH is 1. The van der Waals surface area contributed by atoms with Crippen LogP contribution in [0.3, 0.4) is 0 Å². The fourth-order valence-electron chi connectivity index (χ4n) is 5.86. The Morgan fingerprint density at radius 2 is 1.95 bits per heavy atom. The largest absolute Gasteiger partial charge is 0.457 e. The molecule has 0 aliphatic carbocycles. The Hall–Kier alpha value is -3.58. The maximum Gasteiger partial charge on any atom is 0.410 e. The van der Waals surface area contributed by atoms with E-state index in [1.807, 2.05) is 11.5 Å². The topological polar surface area (TPSA) is 157 Å². The number of aromatic nitrogens is 2. The Morgan fingerprint density at radius 3 is 2.56 bits per heavy atom.